The highest BCUT2D eigenvalue weighted by Crippen LogP contribution is 2.43. The van der Waals surface area contributed by atoms with Gasteiger partial charge in [0.25, 0.3) is 0 Å². The number of benzene rings is 2. The summed E-state index contributed by atoms with van der Waals surface area (Å²) < 4.78 is 0. The van der Waals surface area contributed by atoms with Crippen molar-refractivity contribution in [2.75, 3.05) is 4.90 Å². The second-order valence-corrected chi connectivity index (χ2v) is 8.34. The summed E-state index contributed by atoms with van der Waals surface area (Å²) >= 11 is 6.46. The monoisotopic (exact) mass is 383 g/mol. The van der Waals surface area contributed by atoms with E-state index in [1.54, 1.807) is 0 Å². The number of imide groups is 1. The second-order valence-electron chi connectivity index (χ2n) is 7.93. The maximum Gasteiger partial charge on any atom is 0.244 e. The van der Waals surface area contributed by atoms with E-state index in [1.165, 1.54) is 4.90 Å². The highest BCUT2D eigenvalue weighted by Gasteiger charge is 2.62. The van der Waals surface area contributed by atoms with Crippen molar-refractivity contribution in [1.29, 1.82) is 0 Å². The first-order chi connectivity index (χ1) is 13.0. The average Bonchev–Trinajstić information content (AvgIpc) is 3.13. The first-order valence-corrected chi connectivity index (χ1v) is 9.89. The fraction of sp³-hybridized carbons (Fsp3) is 0.364. The number of quaternary nitrogens is 1. The van der Waals surface area contributed by atoms with E-state index in [0.717, 1.165) is 12.0 Å². The fourth-order valence-electron chi connectivity index (χ4n) is 4.69. The van der Waals surface area contributed by atoms with Gasteiger partial charge in [0.1, 0.15) is 17.9 Å². The Bertz CT molecular complexity index is 868. The molecule has 0 saturated carbocycles. The lowest BCUT2D eigenvalue weighted by Crippen LogP contribution is -2.89. The molecule has 0 aliphatic carbocycles. The van der Waals surface area contributed by atoms with Gasteiger partial charge in [0.2, 0.25) is 11.8 Å². The first-order valence-electron chi connectivity index (χ1n) is 9.51. The Morgan fingerprint density at radius 3 is 2.26 bits per heavy atom. The van der Waals surface area contributed by atoms with Crippen LogP contribution in [-0.4, -0.2) is 17.9 Å². The third kappa shape index (κ3) is 3.07. The molecule has 2 fully saturated rings. The summed E-state index contributed by atoms with van der Waals surface area (Å²) in [6.07, 6.45) is 0.893. The van der Waals surface area contributed by atoms with E-state index in [4.69, 9.17) is 11.6 Å². The summed E-state index contributed by atoms with van der Waals surface area (Å²) in [4.78, 5) is 28.1. The minimum Gasteiger partial charge on any atom is -0.336 e. The van der Waals surface area contributed by atoms with Crippen LogP contribution >= 0.6 is 11.6 Å². The van der Waals surface area contributed by atoms with Gasteiger partial charge >= 0.3 is 0 Å². The molecule has 0 spiro atoms. The molecule has 2 aliphatic rings. The molecule has 4 nitrogen and oxygen atoms in total. The number of carbonyl (C=O) groups is 2. The predicted octanol–water partition coefficient (Wildman–Crippen LogP) is 3.18. The zero-order valence-corrected chi connectivity index (χ0v) is 16.3. The van der Waals surface area contributed by atoms with E-state index in [0.29, 0.717) is 16.6 Å². The van der Waals surface area contributed by atoms with Crippen molar-refractivity contribution in [2.24, 2.45) is 17.8 Å². The second kappa shape index (κ2) is 7.10. The van der Waals surface area contributed by atoms with Gasteiger partial charge in [0.15, 0.2) is 0 Å². The van der Waals surface area contributed by atoms with Crippen molar-refractivity contribution < 1.29 is 14.9 Å². The van der Waals surface area contributed by atoms with E-state index in [9.17, 15) is 9.59 Å². The van der Waals surface area contributed by atoms with Crippen LogP contribution in [0.5, 0.6) is 0 Å². The Morgan fingerprint density at radius 2 is 1.59 bits per heavy atom. The molecule has 2 N–H and O–H groups in total. The fourth-order valence-corrected chi connectivity index (χ4v) is 4.95. The van der Waals surface area contributed by atoms with Gasteiger partial charge < -0.3 is 5.32 Å². The lowest BCUT2D eigenvalue weighted by Gasteiger charge is -2.21. The molecule has 2 amide bonds. The van der Waals surface area contributed by atoms with Crippen molar-refractivity contribution >= 4 is 29.1 Å². The molecule has 0 radical (unpaired) electrons. The molecule has 4 atom stereocenters. The zero-order chi connectivity index (χ0) is 19.1. The summed E-state index contributed by atoms with van der Waals surface area (Å²) in [6.45, 7) is 4.31. The molecule has 2 saturated heterocycles. The Morgan fingerprint density at radius 1 is 0.963 bits per heavy atom. The van der Waals surface area contributed by atoms with Gasteiger partial charge in [-0.05, 0) is 24.1 Å². The van der Waals surface area contributed by atoms with Gasteiger partial charge in [-0.3, -0.25) is 9.59 Å². The van der Waals surface area contributed by atoms with Gasteiger partial charge in [0.05, 0.1) is 11.7 Å². The van der Waals surface area contributed by atoms with E-state index in [1.807, 2.05) is 54.6 Å². The Kier molecular flexibility index (Phi) is 4.79. The number of carbonyl (C=O) groups excluding carboxylic acids is 2. The number of rotatable bonds is 4. The molecule has 2 aromatic carbocycles. The summed E-state index contributed by atoms with van der Waals surface area (Å²) in [5.41, 5.74) is 1.60. The Hall–Kier alpha value is -2.17. The largest absolute Gasteiger partial charge is 0.336 e. The number of anilines is 1. The number of amides is 2. The molecular weight excluding hydrogens is 360 g/mol. The number of nitrogens with zero attached hydrogens (tertiary/aromatic N) is 1. The molecular formula is C22H24ClN2O2+. The maximum absolute atomic E-state index is 13.4. The van der Waals surface area contributed by atoms with E-state index in [-0.39, 0.29) is 35.7 Å². The third-order valence-corrected chi connectivity index (χ3v) is 6.07. The molecule has 5 heteroatoms. The number of hydrogen-bond acceptors (Lipinski definition) is 2. The SMILES string of the molecule is CC(C)C[C@@H]1[NH2+][C@@H](c2ccccc2Cl)[C@H]2C(=O)N(c3ccccc3)C(=O)[C@@H]21. The molecule has 0 bridgehead atoms. The van der Waals surface area contributed by atoms with Crippen LogP contribution in [0.2, 0.25) is 5.02 Å². The summed E-state index contributed by atoms with van der Waals surface area (Å²) in [5.74, 6) is -0.412. The predicted molar refractivity (Wildman–Crippen MR) is 105 cm³/mol. The molecule has 2 heterocycles. The molecule has 2 aliphatic heterocycles. The highest BCUT2D eigenvalue weighted by molar-refractivity contribution is 6.31. The molecule has 2 aromatic rings. The van der Waals surface area contributed by atoms with E-state index in [2.05, 4.69) is 19.2 Å². The van der Waals surface area contributed by atoms with Crippen LogP contribution in [0.1, 0.15) is 31.9 Å². The van der Waals surface area contributed by atoms with Gasteiger partial charge in [-0.1, -0.05) is 61.8 Å². The number of halogens is 1. The van der Waals surface area contributed by atoms with Crippen molar-refractivity contribution in [3.63, 3.8) is 0 Å². The van der Waals surface area contributed by atoms with Crippen LogP contribution in [0.3, 0.4) is 0 Å². The van der Waals surface area contributed by atoms with Crippen molar-refractivity contribution in [2.45, 2.75) is 32.4 Å². The molecule has 0 aromatic heterocycles. The van der Waals surface area contributed by atoms with Crippen LogP contribution in [-0.2, 0) is 9.59 Å². The smallest absolute Gasteiger partial charge is 0.244 e. The number of para-hydroxylation sites is 1. The average molecular weight is 384 g/mol. The van der Waals surface area contributed by atoms with Crippen molar-refractivity contribution in [1.82, 2.24) is 0 Å². The third-order valence-electron chi connectivity index (χ3n) is 5.72. The first kappa shape index (κ1) is 18.2. The molecule has 27 heavy (non-hydrogen) atoms. The number of hydrogen-bond donors (Lipinski definition) is 1. The maximum atomic E-state index is 13.4. The summed E-state index contributed by atoms with van der Waals surface area (Å²) in [7, 11) is 0. The topological polar surface area (TPSA) is 54.0 Å². The van der Waals surface area contributed by atoms with Crippen LogP contribution in [0, 0.1) is 17.8 Å². The van der Waals surface area contributed by atoms with Gasteiger partial charge in [-0.25, -0.2) is 4.90 Å². The van der Waals surface area contributed by atoms with Gasteiger partial charge in [0, 0.05) is 17.0 Å². The van der Waals surface area contributed by atoms with Crippen LogP contribution in [0.15, 0.2) is 54.6 Å². The molecule has 140 valence electrons. The minimum atomic E-state index is -0.374. The quantitative estimate of drug-likeness (QED) is 0.824. The van der Waals surface area contributed by atoms with Crippen molar-refractivity contribution in [3.05, 3.63) is 65.2 Å². The number of fused-ring (bicyclic) bond motifs is 1. The minimum absolute atomic E-state index is 0.0762. The zero-order valence-electron chi connectivity index (χ0n) is 15.5. The summed E-state index contributed by atoms with van der Waals surface area (Å²) in [6, 6.07) is 16.9. The van der Waals surface area contributed by atoms with E-state index < -0.39 is 0 Å². The van der Waals surface area contributed by atoms with Crippen LogP contribution < -0.4 is 10.2 Å². The van der Waals surface area contributed by atoms with Crippen molar-refractivity contribution in [3.8, 4) is 0 Å². The Labute approximate surface area is 164 Å². The lowest BCUT2D eigenvalue weighted by atomic mass is 9.84. The van der Waals surface area contributed by atoms with Crippen LogP contribution in [0.25, 0.3) is 0 Å². The van der Waals surface area contributed by atoms with E-state index >= 15 is 0 Å². The van der Waals surface area contributed by atoms with Crippen LogP contribution in [0.4, 0.5) is 5.69 Å². The molecule has 4 rings (SSSR count). The summed E-state index contributed by atoms with van der Waals surface area (Å²) in [5, 5.41) is 2.86. The standard InChI is InChI=1S/C22H23ClN2O2/c1-13(2)12-17-18-19(20(24-17)15-10-6-7-11-16(15)23)22(27)25(21(18)26)14-8-4-3-5-9-14/h3-11,13,17-20,24H,12H2,1-2H3/p+1/t17-,18+,19-,20-/m0/s1. The highest BCUT2D eigenvalue weighted by atomic mass is 35.5. The molecule has 0 unspecified atom stereocenters. The van der Waals surface area contributed by atoms with Gasteiger partial charge in [-0.2, -0.15) is 0 Å². The Balaban J connectivity index is 1.76. The lowest BCUT2D eigenvalue weighted by molar-refractivity contribution is -0.712. The normalized spacial score (nSPS) is 27.5. The van der Waals surface area contributed by atoms with Gasteiger partial charge in [-0.15, -0.1) is 0 Å². The number of nitrogens with two attached hydrogens (primary N) is 1.